The number of hydrogen-bond acceptors (Lipinski definition) is 2. The van der Waals surface area contributed by atoms with Gasteiger partial charge in [0.05, 0.1) is 6.67 Å². The molecule has 0 fully saturated rings. The number of nitrogens with two attached hydrogens (primary N) is 1. The largest absolute Gasteiger partial charge is 0.324 e. The fourth-order valence-corrected chi connectivity index (χ4v) is 1.00. The summed E-state index contributed by atoms with van der Waals surface area (Å²) < 4.78 is 11.9. The fourth-order valence-electron chi connectivity index (χ4n) is 0.891. The van der Waals surface area contributed by atoms with Crippen molar-refractivity contribution in [2.24, 2.45) is 5.73 Å². The van der Waals surface area contributed by atoms with Gasteiger partial charge in [-0.25, -0.2) is 4.98 Å². The summed E-state index contributed by atoms with van der Waals surface area (Å²) >= 11 is 5.57. The summed E-state index contributed by atoms with van der Waals surface area (Å²) in [6.07, 6.45) is 1.89. The molecule has 0 aliphatic heterocycles. The maximum atomic E-state index is 11.9. The first-order valence-electron chi connectivity index (χ1n) is 3.67. The van der Waals surface area contributed by atoms with Crippen LogP contribution < -0.4 is 5.73 Å². The van der Waals surface area contributed by atoms with Crippen LogP contribution in [0.1, 0.15) is 18.0 Å². The zero-order valence-electron chi connectivity index (χ0n) is 6.91. The Bertz CT molecular complexity index is 240. The quantitative estimate of drug-likeness (QED) is 0.802. The average Bonchev–Trinajstić information content (AvgIpc) is 2.06. The summed E-state index contributed by atoms with van der Waals surface area (Å²) in [4.78, 5) is 3.85. The lowest BCUT2D eigenvalue weighted by Gasteiger charge is -2.08. The van der Waals surface area contributed by atoms with Crippen LogP contribution in [0.3, 0.4) is 0 Å². The van der Waals surface area contributed by atoms with E-state index < -0.39 is 6.67 Å². The zero-order chi connectivity index (χ0) is 8.97. The van der Waals surface area contributed by atoms with E-state index in [1.807, 2.05) is 0 Å². The number of rotatable bonds is 3. The van der Waals surface area contributed by atoms with Crippen molar-refractivity contribution in [2.45, 2.75) is 12.5 Å². The van der Waals surface area contributed by atoms with Gasteiger partial charge in [-0.3, -0.25) is 4.39 Å². The first-order valence-corrected chi connectivity index (χ1v) is 4.05. The summed E-state index contributed by atoms with van der Waals surface area (Å²) in [5, 5.41) is 0.422. The molecule has 0 aliphatic rings. The third-order valence-corrected chi connectivity index (χ3v) is 1.82. The smallest absolute Gasteiger partial charge is 0.129 e. The lowest BCUT2D eigenvalue weighted by Crippen LogP contribution is -2.10. The molecule has 5 heteroatoms. The molecular formula is C8H11Cl2FN2. The van der Waals surface area contributed by atoms with Crippen LogP contribution in [0.25, 0.3) is 0 Å². The van der Waals surface area contributed by atoms with Gasteiger partial charge in [0.1, 0.15) is 5.15 Å². The van der Waals surface area contributed by atoms with Crippen molar-refractivity contribution in [3.63, 3.8) is 0 Å². The highest BCUT2D eigenvalue weighted by atomic mass is 35.5. The van der Waals surface area contributed by atoms with E-state index >= 15 is 0 Å². The van der Waals surface area contributed by atoms with Gasteiger partial charge < -0.3 is 5.73 Å². The van der Waals surface area contributed by atoms with Crippen molar-refractivity contribution in [1.82, 2.24) is 4.98 Å². The number of halogens is 3. The Labute approximate surface area is 87.7 Å². The standard InChI is InChI=1S/C8H10ClFN2.ClH/c9-8-2-1-6(5-12-8)7(11)3-4-10;/h1-2,5,7H,3-4,11H2;1H/t7-;/m1./s1. The third-order valence-electron chi connectivity index (χ3n) is 1.60. The Morgan fingerprint density at radius 3 is 2.69 bits per heavy atom. The molecule has 2 N–H and O–H groups in total. The predicted molar refractivity (Wildman–Crippen MR) is 54.0 cm³/mol. The Morgan fingerprint density at radius 2 is 2.23 bits per heavy atom. The van der Waals surface area contributed by atoms with Crippen LogP contribution in [0.4, 0.5) is 4.39 Å². The van der Waals surface area contributed by atoms with Crippen molar-refractivity contribution in [2.75, 3.05) is 6.67 Å². The normalized spacial score (nSPS) is 11.9. The molecule has 1 rings (SSSR count). The zero-order valence-corrected chi connectivity index (χ0v) is 8.48. The van der Waals surface area contributed by atoms with Gasteiger partial charge in [0.15, 0.2) is 0 Å². The minimum absolute atomic E-state index is 0. The maximum absolute atomic E-state index is 11.9. The molecule has 0 bridgehead atoms. The van der Waals surface area contributed by atoms with Crippen molar-refractivity contribution in [3.05, 3.63) is 29.0 Å². The molecule has 0 saturated carbocycles. The second kappa shape index (κ2) is 6.13. The summed E-state index contributed by atoms with van der Waals surface area (Å²) in [6, 6.07) is 3.13. The Morgan fingerprint density at radius 1 is 1.54 bits per heavy atom. The molecule has 2 nitrogen and oxygen atoms in total. The van der Waals surface area contributed by atoms with E-state index in [-0.39, 0.29) is 18.4 Å². The number of pyridine rings is 1. The molecule has 0 aromatic carbocycles. The molecule has 13 heavy (non-hydrogen) atoms. The highest BCUT2D eigenvalue weighted by molar-refractivity contribution is 6.29. The Hall–Kier alpha value is -0.380. The van der Waals surface area contributed by atoms with Crippen LogP contribution in [0.2, 0.25) is 5.15 Å². The second-order valence-electron chi connectivity index (χ2n) is 2.50. The monoisotopic (exact) mass is 224 g/mol. The molecule has 1 aromatic rings. The number of nitrogens with zero attached hydrogens (tertiary/aromatic N) is 1. The van der Waals surface area contributed by atoms with E-state index in [1.165, 1.54) is 0 Å². The minimum Gasteiger partial charge on any atom is -0.324 e. The lowest BCUT2D eigenvalue weighted by atomic mass is 10.1. The molecule has 0 aliphatic carbocycles. The van der Waals surface area contributed by atoms with Crippen LogP contribution in [-0.2, 0) is 0 Å². The topological polar surface area (TPSA) is 38.9 Å². The molecule has 0 amide bonds. The van der Waals surface area contributed by atoms with E-state index in [1.54, 1.807) is 18.3 Å². The van der Waals surface area contributed by atoms with Crippen molar-refractivity contribution < 1.29 is 4.39 Å². The van der Waals surface area contributed by atoms with Crippen LogP contribution >= 0.6 is 24.0 Å². The molecule has 1 atom stereocenters. The summed E-state index contributed by atoms with van der Waals surface area (Å²) in [5.41, 5.74) is 6.45. The van der Waals surface area contributed by atoms with Crippen molar-refractivity contribution in [3.8, 4) is 0 Å². The number of alkyl halides is 1. The number of hydrogen-bond donors (Lipinski definition) is 1. The molecule has 0 radical (unpaired) electrons. The number of aromatic nitrogens is 1. The molecule has 74 valence electrons. The first kappa shape index (κ1) is 12.6. The molecule has 1 aromatic heterocycles. The highest BCUT2D eigenvalue weighted by Gasteiger charge is 2.04. The summed E-state index contributed by atoms with van der Waals surface area (Å²) in [6.45, 7) is -0.413. The van der Waals surface area contributed by atoms with E-state index in [4.69, 9.17) is 17.3 Å². The van der Waals surface area contributed by atoms with E-state index in [0.29, 0.717) is 11.6 Å². The summed E-state index contributed by atoms with van der Waals surface area (Å²) in [5.74, 6) is 0. The van der Waals surface area contributed by atoms with Gasteiger partial charge >= 0.3 is 0 Å². The molecule has 0 unspecified atom stereocenters. The lowest BCUT2D eigenvalue weighted by molar-refractivity contribution is 0.441. The van der Waals surface area contributed by atoms with Gasteiger partial charge in [-0.05, 0) is 18.1 Å². The van der Waals surface area contributed by atoms with Gasteiger partial charge in [-0.1, -0.05) is 17.7 Å². The Balaban J connectivity index is 0.00000144. The maximum Gasteiger partial charge on any atom is 0.129 e. The van der Waals surface area contributed by atoms with Crippen molar-refractivity contribution in [1.29, 1.82) is 0 Å². The fraction of sp³-hybridized carbons (Fsp3) is 0.375. The minimum atomic E-state index is -0.413. The third kappa shape index (κ3) is 3.89. The van der Waals surface area contributed by atoms with E-state index in [0.717, 1.165) is 5.56 Å². The summed E-state index contributed by atoms with van der Waals surface area (Å²) in [7, 11) is 0. The second-order valence-corrected chi connectivity index (χ2v) is 2.89. The first-order chi connectivity index (χ1) is 5.74. The van der Waals surface area contributed by atoms with Crippen LogP contribution in [0.15, 0.2) is 18.3 Å². The van der Waals surface area contributed by atoms with Gasteiger partial charge in [-0.2, -0.15) is 0 Å². The predicted octanol–water partition coefficient (Wildman–Crippen LogP) is 2.52. The molecule has 0 saturated heterocycles. The SMILES string of the molecule is Cl.N[C@H](CCF)c1ccc(Cl)nc1. The average molecular weight is 225 g/mol. The molecular weight excluding hydrogens is 214 g/mol. The molecule has 0 spiro atoms. The van der Waals surface area contributed by atoms with Gasteiger partial charge in [0, 0.05) is 12.2 Å². The van der Waals surface area contributed by atoms with E-state index in [9.17, 15) is 4.39 Å². The van der Waals surface area contributed by atoms with Crippen LogP contribution in [0, 0.1) is 0 Å². The van der Waals surface area contributed by atoms with Gasteiger partial charge in [-0.15, -0.1) is 12.4 Å². The Kier molecular flexibility index (Phi) is 5.95. The van der Waals surface area contributed by atoms with Gasteiger partial charge in [0.25, 0.3) is 0 Å². The van der Waals surface area contributed by atoms with Crippen LogP contribution in [-0.4, -0.2) is 11.7 Å². The van der Waals surface area contributed by atoms with Gasteiger partial charge in [0.2, 0.25) is 0 Å². The van der Waals surface area contributed by atoms with Crippen LogP contribution in [0.5, 0.6) is 0 Å². The van der Waals surface area contributed by atoms with E-state index in [2.05, 4.69) is 4.98 Å². The highest BCUT2D eigenvalue weighted by Crippen LogP contribution is 2.14. The van der Waals surface area contributed by atoms with Crippen molar-refractivity contribution >= 4 is 24.0 Å². The molecule has 1 heterocycles.